The zero-order chi connectivity index (χ0) is 14.1. The molecule has 0 aliphatic heterocycles. The number of hydrogen-bond acceptors (Lipinski definition) is 1. The molecule has 0 atom stereocenters. The van der Waals surface area contributed by atoms with E-state index in [-0.39, 0.29) is 0 Å². The average Bonchev–Trinajstić information content (AvgIpc) is 3.24. The highest BCUT2D eigenvalue weighted by Gasteiger charge is 2.20. The molecule has 104 valence electrons. The highest BCUT2D eigenvalue weighted by Crippen LogP contribution is 2.31. The van der Waals surface area contributed by atoms with Crippen molar-refractivity contribution in [1.82, 2.24) is 5.32 Å². The predicted molar refractivity (Wildman–Crippen MR) is 86.2 cm³/mol. The summed E-state index contributed by atoms with van der Waals surface area (Å²) in [4.78, 5) is 0. The molecule has 2 aromatic rings. The maximum Gasteiger partial charge on any atom is 0.0409 e. The van der Waals surface area contributed by atoms with Gasteiger partial charge in [0.05, 0.1) is 0 Å². The Balaban J connectivity index is 2.00. The molecule has 0 amide bonds. The van der Waals surface area contributed by atoms with Crippen molar-refractivity contribution in [2.75, 3.05) is 0 Å². The second-order valence-electron chi connectivity index (χ2n) is 5.70. The number of nitrogens with one attached hydrogen (secondary N) is 1. The van der Waals surface area contributed by atoms with Crippen molar-refractivity contribution >= 4 is 11.6 Å². The minimum absolute atomic E-state index is 0.709. The van der Waals surface area contributed by atoms with Crippen LogP contribution in [-0.4, -0.2) is 6.04 Å². The largest absolute Gasteiger partial charge is 0.310 e. The second kappa shape index (κ2) is 5.59. The second-order valence-corrected chi connectivity index (χ2v) is 6.14. The van der Waals surface area contributed by atoms with Gasteiger partial charge in [0.1, 0.15) is 0 Å². The lowest BCUT2D eigenvalue weighted by Crippen LogP contribution is -2.16. The summed E-state index contributed by atoms with van der Waals surface area (Å²) in [6.07, 6.45) is 2.61. The van der Waals surface area contributed by atoms with Gasteiger partial charge in [0.25, 0.3) is 0 Å². The van der Waals surface area contributed by atoms with E-state index < -0.39 is 0 Å². The van der Waals surface area contributed by atoms with E-state index in [0.29, 0.717) is 6.04 Å². The van der Waals surface area contributed by atoms with Gasteiger partial charge in [-0.15, -0.1) is 0 Å². The van der Waals surface area contributed by atoms with Crippen molar-refractivity contribution in [3.8, 4) is 11.1 Å². The first-order valence-electron chi connectivity index (χ1n) is 7.23. The molecule has 0 bridgehead atoms. The van der Waals surface area contributed by atoms with Crippen LogP contribution >= 0.6 is 11.6 Å². The molecule has 1 aliphatic rings. The monoisotopic (exact) mass is 285 g/mol. The van der Waals surface area contributed by atoms with Crippen molar-refractivity contribution in [3.05, 3.63) is 58.1 Å². The van der Waals surface area contributed by atoms with E-state index >= 15 is 0 Å². The van der Waals surface area contributed by atoms with E-state index in [4.69, 9.17) is 11.6 Å². The minimum Gasteiger partial charge on any atom is -0.310 e. The third kappa shape index (κ3) is 2.89. The van der Waals surface area contributed by atoms with Crippen LogP contribution in [0.1, 0.15) is 29.5 Å². The molecular formula is C18H20ClN. The molecule has 0 aromatic heterocycles. The quantitative estimate of drug-likeness (QED) is 0.844. The van der Waals surface area contributed by atoms with Crippen LogP contribution in [0.25, 0.3) is 11.1 Å². The van der Waals surface area contributed by atoms with Crippen LogP contribution in [0, 0.1) is 13.8 Å². The van der Waals surface area contributed by atoms with E-state index in [0.717, 1.165) is 11.6 Å². The standard InChI is InChI=1S/C18H20ClN/c1-12-4-3-5-17(13(12)2)18-9-6-15(19)10-14(18)11-20-16-7-8-16/h3-6,9-10,16,20H,7-8,11H2,1-2H3. The molecule has 0 unspecified atom stereocenters. The maximum absolute atomic E-state index is 6.18. The van der Waals surface area contributed by atoms with Crippen molar-refractivity contribution in [1.29, 1.82) is 0 Å². The Hall–Kier alpha value is -1.31. The van der Waals surface area contributed by atoms with Crippen LogP contribution in [-0.2, 0) is 6.54 Å². The zero-order valence-corrected chi connectivity index (χ0v) is 12.8. The van der Waals surface area contributed by atoms with E-state index in [1.165, 1.54) is 40.7 Å². The highest BCUT2D eigenvalue weighted by atomic mass is 35.5. The van der Waals surface area contributed by atoms with Gasteiger partial charge >= 0.3 is 0 Å². The van der Waals surface area contributed by atoms with Crippen LogP contribution in [0.15, 0.2) is 36.4 Å². The number of benzene rings is 2. The predicted octanol–water partition coefficient (Wildman–Crippen LogP) is 4.88. The van der Waals surface area contributed by atoms with Gasteiger partial charge < -0.3 is 5.32 Å². The summed E-state index contributed by atoms with van der Waals surface area (Å²) in [7, 11) is 0. The fourth-order valence-corrected chi connectivity index (χ4v) is 2.75. The summed E-state index contributed by atoms with van der Waals surface area (Å²) >= 11 is 6.18. The molecule has 1 aliphatic carbocycles. The van der Waals surface area contributed by atoms with Gasteiger partial charge in [-0.25, -0.2) is 0 Å². The Labute approximate surface area is 126 Å². The van der Waals surface area contributed by atoms with Crippen molar-refractivity contribution in [2.24, 2.45) is 0 Å². The summed E-state index contributed by atoms with van der Waals surface area (Å²) in [5, 5.41) is 4.40. The Bertz CT molecular complexity index is 629. The fraction of sp³-hybridized carbons (Fsp3) is 0.333. The molecule has 1 nitrogen and oxygen atoms in total. The zero-order valence-electron chi connectivity index (χ0n) is 12.0. The van der Waals surface area contributed by atoms with Gasteiger partial charge in [0.15, 0.2) is 0 Å². The Morgan fingerprint density at radius 3 is 2.65 bits per heavy atom. The van der Waals surface area contributed by atoms with Gasteiger partial charge in [0.2, 0.25) is 0 Å². The van der Waals surface area contributed by atoms with Crippen LogP contribution in [0.4, 0.5) is 0 Å². The van der Waals surface area contributed by atoms with Crippen LogP contribution in [0.5, 0.6) is 0 Å². The Morgan fingerprint density at radius 1 is 1.10 bits per heavy atom. The van der Waals surface area contributed by atoms with Crippen molar-refractivity contribution in [3.63, 3.8) is 0 Å². The summed E-state index contributed by atoms with van der Waals surface area (Å²) in [6.45, 7) is 5.25. The number of halogens is 1. The van der Waals surface area contributed by atoms with E-state index in [1.54, 1.807) is 0 Å². The number of hydrogen-bond donors (Lipinski definition) is 1. The highest BCUT2D eigenvalue weighted by molar-refractivity contribution is 6.30. The molecule has 20 heavy (non-hydrogen) atoms. The molecular weight excluding hydrogens is 266 g/mol. The van der Waals surface area contributed by atoms with Crippen LogP contribution in [0.2, 0.25) is 5.02 Å². The topological polar surface area (TPSA) is 12.0 Å². The van der Waals surface area contributed by atoms with E-state index in [1.807, 2.05) is 6.07 Å². The van der Waals surface area contributed by atoms with E-state index in [9.17, 15) is 0 Å². The molecule has 1 N–H and O–H groups in total. The molecule has 0 spiro atoms. The van der Waals surface area contributed by atoms with Crippen molar-refractivity contribution in [2.45, 2.75) is 39.3 Å². The smallest absolute Gasteiger partial charge is 0.0409 e. The Morgan fingerprint density at radius 2 is 1.90 bits per heavy atom. The lowest BCUT2D eigenvalue weighted by molar-refractivity contribution is 0.689. The van der Waals surface area contributed by atoms with Gasteiger partial charge in [0, 0.05) is 17.6 Å². The first-order chi connectivity index (χ1) is 9.65. The molecule has 2 heteroatoms. The number of rotatable bonds is 4. The SMILES string of the molecule is Cc1cccc(-c2ccc(Cl)cc2CNC2CC2)c1C. The average molecular weight is 286 g/mol. The first kappa shape index (κ1) is 13.7. The van der Waals surface area contributed by atoms with Gasteiger partial charge in [-0.3, -0.25) is 0 Å². The minimum atomic E-state index is 0.709. The maximum atomic E-state index is 6.18. The summed E-state index contributed by atoms with van der Waals surface area (Å²) in [6, 6.07) is 13.4. The molecule has 2 aromatic carbocycles. The van der Waals surface area contributed by atoms with Gasteiger partial charge in [-0.05, 0) is 66.6 Å². The fourth-order valence-electron chi connectivity index (χ4n) is 2.56. The van der Waals surface area contributed by atoms with Gasteiger partial charge in [-0.1, -0.05) is 35.9 Å². The van der Waals surface area contributed by atoms with Gasteiger partial charge in [-0.2, -0.15) is 0 Å². The summed E-state index contributed by atoms with van der Waals surface area (Å²) in [5.74, 6) is 0. The lowest BCUT2D eigenvalue weighted by Gasteiger charge is -2.14. The molecule has 0 radical (unpaired) electrons. The molecule has 3 rings (SSSR count). The normalized spacial score (nSPS) is 14.6. The third-order valence-corrected chi connectivity index (χ3v) is 4.36. The third-order valence-electron chi connectivity index (χ3n) is 4.12. The molecule has 1 saturated carbocycles. The molecule has 1 fully saturated rings. The first-order valence-corrected chi connectivity index (χ1v) is 7.61. The summed E-state index contributed by atoms with van der Waals surface area (Å²) in [5.41, 5.74) is 6.58. The van der Waals surface area contributed by atoms with Crippen LogP contribution < -0.4 is 5.32 Å². The molecule has 0 saturated heterocycles. The van der Waals surface area contributed by atoms with Crippen LogP contribution in [0.3, 0.4) is 0 Å². The summed E-state index contributed by atoms with van der Waals surface area (Å²) < 4.78 is 0. The number of aryl methyl sites for hydroxylation is 1. The van der Waals surface area contributed by atoms with Crippen molar-refractivity contribution < 1.29 is 0 Å². The lowest BCUT2D eigenvalue weighted by atomic mass is 9.93. The molecule has 0 heterocycles. The van der Waals surface area contributed by atoms with E-state index in [2.05, 4.69) is 49.5 Å². The Kier molecular flexibility index (Phi) is 3.82.